The Morgan fingerprint density at radius 1 is 1.03 bits per heavy atom. The number of hydrogen-bond acceptors (Lipinski definition) is 5. The first-order valence-corrected chi connectivity index (χ1v) is 12.7. The number of amides is 2. The number of ether oxygens (including phenoxy) is 1. The molecule has 8 heteroatoms. The Hall–Kier alpha value is -3.68. The van der Waals surface area contributed by atoms with Crippen LogP contribution in [0.15, 0.2) is 48.5 Å². The first-order valence-electron chi connectivity index (χ1n) is 12.7. The van der Waals surface area contributed by atoms with E-state index in [2.05, 4.69) is 24.1 Å². The van der Waals surface area contributed by atoms with Gasteiger partial charge in [-0.3, -0.25) is 0 Å². The minimum atomic E-state index is -0.379. The lowest BCUT2D eigenvalue weighted by atomic mass is 10.0. The summed E-state index contributed by atoms with van der Waals surface area (Å²) in [5.41, 5.74) is 3.61. The summed E-state index contributed by atoms with van der Waals surface area (Å²) < 4.78 is 19.9. The van der Waals surface area contributed by atoms with Gasteiger partial charge in [-0.2, -0.15) is 4.98 Å². The molecule has 36 heavy (non-hydrogen) atoms. The van der Waals surface area contributed by atoms with E-state index in [1.807, 2.05) is 24.3 Å². The largest absolute Gasteiger partial charge is 0.438 e. The molecule has 2 aromatic carbocycles. The van der Waals surface area contributed by atoms with Crippen LogP contribution in [-0.2, 0) is 13.0 Å². The van der Waals surface area contributed by atoms with Gasteiger partial charge in [0.05, 0.1) is 17.8 Å². The van der Waals surface area contributed by atoms with Crippen LogP contribution in [0.2, 0.25) is 0 Å². The minimum Gasteiger partial charge on any atom is -0.438 e. The van der Waals surface area contributed by atoms with Crippen molar-refractivity contribution in [3.63, 3.8) is 0 Å². The summed E-state index contributed by atoms with van der Waals surface area (Å²) in [4.78, 5) is 26.6. The van der Waals surface area contributed by atoms with Gasteiger partial charge in [0, 0.05) is 37.8 Å². The monoisotopic (exact) mass is 489 g/mol. The van der Waals surface area contributed by atoms with Crippen molar-refractivity contribution in [1.29, 1.82) is 0 Å². The van der Waals surface area contributed by atoms with Gasteiger partial charge in [-0.25, -0.2) is 14.2 Å². The topological polar surface area (TPSA) is 70.6 Å². The second-order valence-electron chi connectivity index (χ2n) is 9.74. The molecule has 0 spiro atoms. The maximum Gasteiger partial charge on any atom is 0.322 e. The van der Waals surface area contributed by atoms with Gasteiger partial charge in [-0.15, -0.1) is 0 Å². The van der Waals surface area contributed by atoms with Crippen molar-refractivity contribution in [3.8, 4) is 11.6 Å². The van der Waals surface area contributed by atoms with Gasteiger partial charge < -0.3 is 19.9 Å². The molecule has 0 atom stereocenters. The predicted molar refractivity (Wildman–Crippen MR) is 138 cm³/mol. The average molecular weight is 490 g/mol. The van der Waals surface area contributed by atoms with Gasteiger partial charge in [-0.05, 0) is 55.0 Å². The van der Waals surface area contributed by atoms with Crippen LogP contribution in [-0.4, -0.2) is 40.5 Å². The zero-order chi connectivity index (χ0) is 25.1. The Balaban J connectivity index is 1.39. The number of fused-ring (bicyclic) bond motifs is 1. The van der Waals surface area contributed by atoms with Crippen molar-refractivity contribution in [2.24, 2.45) is 0 Å². The SMILES string of the molecule is CC(C)c1ccc(NC(=O)N2CCc3nc(N4CCCCC4)nc(Oc4cccc(F)c4)c3C2)cc1. The van der Waals surface area contributed by atoms with Crippen LogP contribution < -0.4 is 15.0 Å². The van der Waals surface area contributed by atoms with E-state index >= 15 is 0 Å². The normalized spacial score (nSPS) is 15.6. The fourth-order valence-electron chi connectivity index (χ4n) is 4.66. The van der Waals surface area contributed by atoms with Gasteiger partial charge >= 0.3 is 6.03 Å². The Bertz CT molecular complexity index is 1230. The summed E-state index contributed by atoms with van der Waals surface area (Å²) in [5, 5.41) is 3.00. The van der Waals surface area contributed by atoms with Gasteiger partial charge in [0.15, 0.2) is 0 Å². The number of nitrogens with zero attached hydrogens (tertiary/aromatic N) is 4. The number of carbonyl (C=O) groups is 1. The molecule has 1 saturated heterocycles. The lowest BCUT2D eigenvalue weighted by Crippen LogP contribution is -2.40. The van der Waals surface area contributed by atoms with Crippen LogP contribution in [0.4, 0.5) is 20.8 Å². The molecular formula is C28H32FN5O2. The number of anilines is 2. The van der Waals surface area contributed by atoms with Crippen molar-refractivity contribution in [3.05, 3.63) is 71.2 Å². The third kappa shape index (κ3) is 5.42. The Kier molecular flexibility index (Phi) is 7.02. The number of benzene rings is 2. The third-order valence-electron chi connectivity index (χ3n) is 6.78. The molecule has 0 saturated carbocycles. The average Bonchev–Trinajstić information content (AvgIpc) is 2.89. The Labute approximate surface area is 211 Å². The van der Waals surface area contributed by atoms with Crippen LogP contribution in [0.25, 0.3) is 0 Å². The summed E-state index contributed by atoms with van der Waals surface area (Å²) in [5.74, 6) is 1.44. The number of halogens is 1. The number of rotatable bonds is 5. The highest BCUT2D eigenvalue weighted by Crippen LogP contribution is 2.32. The molecule has 188 valence electrons. The van der Waals surface area contributed by atoms with Crippen LogP contribution in [0.5, 0.6) is 11.6 Å². The zero-order valence-corrected chi connectivity index (χ0v) is 20.8. The molecule has 3 aromatic rings. The van der Waals surface area contributed by atoms with Crippen LogP contribution >= 0.6 is 0 Å². The molecule has 1 N–H and O–H groups in total. The number of piperidine rings is 1. The maximum atomic E-state index is 13.8. The number of aromatic nitrogens is 2. The van der Waals surface area contributed by atoms with Gasteiger partial charge in [0.25, 0.3) is 0 Å². The summed E-state index contributed by atoms with van der Waals surface area (Å²) in [6, 6.07) is 13.8. The van der Waals surface area contributed by atoms with Gasteiger partial charge in [0.2, 0.25) is 11.8 Å². The van der Waals surface area contributed by atoms with Crippen molar-refractivity contribution in [2.75, 3.05) is 29.9 Å². The van der Waals surface area contributed by atoms with Crippen molar-refractivity contribution < 1.29 is 13.9 Å². The second-order valence-corrected chi connectivity index (χ2v) is 9.74. The summed E-state index contributed by atoms with van der Waals surface area (Å²) >= 11 is 0. The van der Waals surface area contributed by atoms with Crippen molar-refractivity contribution in [2.45, 2.75) is 52.0 Å². The van der Waals surface area contributed by atoms with E-state index < -0.39 is 0 Å². The van der Waals surface area contributed by atoms with Crippen LogP contribution in [0.3, 0.4) is 0 Å². The highest BCUT2D eigenvalue weighted by Gasteiger charge is 2.28. The molecule has 2 amide bonds. The molecule has 1 aromatic heterocycles. The molecular weight excluding hydrogens is 457 g/mol. The van der Waals surface area contributed by atoms with Crippen LogP contribution in [0.1, 0.15) is 55.8 Å². The quantitative estimate of drug-likeness (QED) is 0.468. The molecule has 3 heterocycles. The number of nitrogens with one attached hydrogen (secondary N) is 1. The minimum absolute atomic E-state index is 0.185. The third-order valence-corrected chi connectivity index (χ3v) is 6.78. The molecule has 5 rings (SSSR count). The number of hydrogen-bond donors (Lipinski definition) is 1. The summed E-state index contributed by atoms with van der Waals surface area (Å²) in [6.45, 7) is 6.95. The number of urea groups is 1. The lowest BCUT2D eigenvalue weighted by Gasteiger charge is -2.32. The fraction of sp³-hybridized carbons (Fsp3) is 0.393. The van der Waals surface area contributed by atoms with Crippen molar-refractivity contribution in [1.82, 2.24) is 14.9 Å². The van der Waals surface area contributed by atoms with Gasteiger partial charge in [-0.1, -0.05) is 32.0 Å². The molecule has 0 aliphatic carbocycles. The zero-order valence-electron chi connectivity index (χ0n) is 20.8. The maximum absolute atomic E-state index is 13.8. The molecule has 0 radical (unpaired) electrons. The van der Waals surface area contributed by atoms with E-state index in [4.69, 9.17) is 14.7 Å². The first kappa shape index (κ1) is 24.0. The fourth-order valence-corrected chi connectivity index (χ4v) is 4.66. The number of carbonyl (C=O) groups excluding carboxylic acids is 1. The first-order chi connectivity index (χ1) is 17.5. The van der Waals surface area contributed by atoms with E-state index in [0.29, 0.717) is 43.0 Å². The van der Waals surface area contributed by atoms with E-state index in [1.54, 1.807) is 17.0 Å². The smallest absolute Gasteiger partial charge is 0.322 e. The second kappa shape index (κ2) is 10.5. The van der Waals surface area contributed by atoms with E-state index in [-0.39, 0.29) is 11.8 Å². The Morgan fingerprint density at radius 3 is 2.53 bits per heavy atom. The highest BCUT2D eigenvalue weighted by molar-refractivity contribution is 5.89. The van der Waals surface area contributed by atoms with Gasteiger partial charge in [0.1, 0.15) is 11.6 Å². The summed E-state index contributed by atoms with van der Waals surface area (Å²) in [6.07, 6.45) is 4.01. The molecule has 1 fully saturated rings. The molecule has 0 unspecified atom stereocenters. The lowest BCUT2D eigenvalue weighted by molar-refractivity contribution is 0.205. The standard InChI is InChI=1S/C28H32FN5O2/c1-19(2)20-9-11-22(12-10-20)30-28(35)34-16-13-25-24(18-34)26(36-23-8-6-7-21(29)17-23)32-27(31-25)33-14-4-3-5-15-33/h6-12,17,19H,3-5,13-16,18H2,1-2H3,(H,30,35). The molecule has 7 nitrogen and oxygen atoms in total. The van der Waals surface area contributed by atoms with Crippen molar-refractivity contribution >= 4 is 17.7 Å². The van der Waals surface area contributed by atoms with E-state index in [0.717, 1.165) is 42.9 Å². The molecule has 2 aliphatic heterocycles. The predicted octanol–water partition coefficient (Wildman–Crippen LogP) is 6.11. The molecule has 2 aliphatic rings. The highest BCUT2D eigenvalue weighted by atomic mass is 19.1. The Morgan fingerprint density at radius 2 is 1.81 bits per heavy atom. The van der Waals surface area contributed by atoms with E-state index in [1.165, 1.54) is 24.1 Å². The molecule has 0 bridgehead atoms. The van der Waals surface area contributed by atoms with E-state index in [9.17, 15) is 9.18 Å². The van der Waals surface area contributed by atoms with Crippen LogP contribution in [0, 0.1) is 5.82 Å². The summed E-state index contributed by atoms with van der Waals surface area (Å²) in [7, 11) is 0.